The van der Waals surface area contributed by atoms with Crippen LogP contribution in [0, 0.1) is 6.92 Å². The fourth-order valence-corrected chi connectivity index (χ4v) is 2.15. The van der Waals surface area contributed by atoms with Crippen LogP contribution in [0.3, 0.4) is 0 Å². The Hall–Kier alpha value is -2.13. The Kier molecular flexibility index (Phi) is 2.61. The van der Waals surface area contributed by atoms with Crippen LogP contribution in [0.5, 0.6) is 0 Å². The molecule has 0 bridgehead atoms. The van der Waals surface area contributed by atoms with Gasteiger partial charge in [-0.25, -0.2) is 4.98 Å². The summed E-state index contributed by atoms with van der Waals surface area (Å²) in [5.74, 6) is 0.914. The van der Waals surface area contributed by atoms with Gasteiger partial charge in [0, 0.05) is 12.1 Å². The van der Waals surface area contributed by atoms with Gasteiger partial charge in [-0.3, -0.25) is 0 Å². The zero-order chi connectivity index (χ0) is 12.5. The van der Waals surface area contributed by atoms with E-state index in [2.05, 4.69) is 35.1 Å². The van der Waals surface area contributed by atoms with Gasteiger partial charge < -0.3 is 10.7 Å². The molecule has 3 N–H and O–H groups in total. The molecule has 3 nitrogen and oxygen atoms in total. The Morgan fingerprint density at radius 1 is 1.17 bits per heavy atom. The highest BCUT2D eigenvalue weighted by atomic mass is 14.9. The minimum Gasteiger partial charge on any atom is -0.338 e. The Labute approximate surface area is 106 Å². The maximum atomic E-state index is 5.65. The molecule has 1 heterocycles. The second kappa shape index (κ2) is 4.27. The van der Waals surface area contributed by atoms with E-state index in [0.29, 0.717) is 6.54 Å². The summed E-state index contributed by atoms with van der Waals surface area (Å²) in [5, 5.41) is 0. The summed E-state index contributed by atoms with van der Waals surface area (Å²) in [5.41, 5.74) is 11.1. The number of aryl methyl sites for hydroxylation is 1. The normalized spacial score (nSPS) is 11.0. The Balaban J connectivity index is 2.17. The van der Waals surface area contributed by atoms with E-state index < -0.39 is 0 Å². The molecule has 2 aromatic carbocycles. The maximum Gasteiger partial charge on any atom is 0.138 e. The molecule has 0 radical (unpaired) electrons. The Bertz CT molecular complexity index is 698. The predicted octanol–water partition coefficient (Wildman–Crippen LogP) is 3.00. The van der Waals surface area contributed by atoms with Crippen molar-refractivity contribution in [2.24, 2.45) is 5.73 Å². The van der Waals surface area contributed by atoms with Crippen LogP contribution < -0.4 is 5.73 Å². The van der Waals surface area contributed by atoms with Crippen LogP contribution in [0.2, 0.25) is 0 Å². The summed E-state index contributed by atoms with van der Waals surface area (Å²) in [4.78, 5) is 7.98. The van der Waals surface area contributed by atoms with Crippen molar-refractivity contribution in [2.75, 3.05) is 0 Å². The maximum absolute atomic E-state index is 5.65. The van der Waals surface area contributed by atoms with Crippen LogP contribution in [0.4, 0.5) is 0 Å². The molecule has 90 valence electrons. The van der Waals surface area contributed by atoms with Crippen molar-refractivity contribution in [2.45, 2.75) is 13.5 Å². The highest BCUT2D eigenvalue weighted by Gasteiger charge is 2.07. The number of nitrogens with zero attached hydrogens (tertiary/aromatic N) is 1. The summed E-state index contributed by atoms with van der Waals surface area (Å²) < 4.78 is 0. The van der Waals surface area contributed by atoms with Gasteiger partial charge in [0.25, 0.3) is 0 Å². The number of aromatic nitrogens is 2. The highest BCUT2D eigenvalue weighted by Crippen LogP contribution is 2.23. The van der Waals surface area contributed by atoms with Crippen LogP contribution in [0.1, 0.15) is 11.1 Å². The summed E-state index contributed by atoms with van der Waals surface area (Å²) in [7, 11) is 0. The molecule has 0 saturated carbocycles. The summed E-state index contributed by atoms with van der Waals surface area (Å²) in [6, 6.07) is 14.3. The van der Waals surface area contributed by atoms with Crippen LogP contribution in [-0.2, 0) is 6.54 Å². The third-order valence-corrected chi connectivity index (χ3v) is 3.18. The van der Waals surface area contributed by atoms with Gasteiger partial charge in [-0.05, 0) is 30.2 Å². The van der Waals surface area contributed by atoms with Crippen LogP contribution in [-0.4, -0.2) is 9.97 Å². The van der Waals surface area contributed by atoms with Crippen molar-refractivity contribution < 1.29 is 0 Å². The number of nitrogens with two attached hydrogens (primary N) is 1. The molecule has 18 heavy (non-hydrogen) atoms. The third kappa shape index (κ3) is 1.79. The van der Waals surface area contributed by atoms with Crippen molar-refractivity contribution in [3.05, 3.63) is 53.6 Å². The molecule has 0 aliphatic heterocycles. The molecular formula is C15H15N3. The van der Waals surface area contributed by atoms with Crippen molar-refractivity contribution in [3.63, 3.8) is 0 Å². The molecule has 3 rings (SSSR count). The quantitative estimate of drug-likeness (QED) is 0.720. The molecule has 0 aliphatic carbocycles. The lowest BCUT2D eigenvalue weighted by atomic mass is 10.1. The minimum atomic E-state index is 0.550. The third-order valence-electron chi connectivity index (χ3n) is 3.18. The summed E-state index contributed by atoms with van der Waals surface area (Å²) >= 11 is 0. The van der Waals surface area contributed by atoms with Crippen molar-refractivity contribution in [3.8, 4) is 11.4 Å². The van der Waals surface area contributed by atoms with Gasteiger partial charge in [-0.2, -0.15) is 0 Å². The van der Waals surface area contributed by atoms with E-state index in [4.69, 9.17) is 5.73 Å². The SMILES string of the molecule is Cc1ccccc1-c1nc2ccc(CN)cc2[nH]1. The number of nitrogens with one attached hydrogen (secondary N) is 1. The number of rotatable bonds is 2. The van der Waals surface area contributed by atoms with Crippen molar-refractivity contribution in [1.29, 1.82) is 0 Å². The molecule has 3 heteroatoms. The van der Waals surface area contributed by atoms with E-state index in [9.17, 15) is 0 Å². The first kappa shape index (κ1) is 11.0. The smallest absolute Gasteiger partial charge is 0.138 e. The minimum absolute atomic E-state index is 0.550. The first-order chi connectivity index (χ1) is 8.78. The lowest BCUT2D eigenvalue weighted by molar-refractivity contribution is 1.07. The number of imidazole rings is 1. The van der Waals surface area contributed by atoms with Gasteiger partial charge in [0.15, 0.2) is 0 Å². The standard InChI is InChI=1S/C15H15N3/c1-10-4-2-3-5-12(10)15-17-13-7-6-11(9-16)8-14(13)18-15/h2-8H,9,16H2,1H3,(H,17,18). The van der Waals surface area contributed by atoms with E-state index in [0.717, 1.165) is 28.0 Å². The van der Waals surface area contributed by atoms with Gasteiger partial charge in [-0.1, -0.05) is 30.3 Å². The monoisotopic (exact) mass is 237 g/mol. The van der Waals surface area contributed by atoms with Crippen LogP contribution in [0.25, 0.3) is 22.4 Å². The number of aromatic amines is 1. The Morgan fingerprint density at radius 2 is 2.00 bits per heavy atom. The van der Waals surface area contributed by atoms with Gasteiger partial charge in [0.1, 0.15) is 5.82 Å². The van der Waals surface area contributed by atoms with Gasteiger partial charge in [0.2, 0.25) is 0 Å². The molecular weight excluding hydrogens is 222 g/mol. The average molecular weight is 237 g/mol. The topological polar surface area (TPSA) is 54.7 Å². The fourth-order valence-electron chi connectivity index (χ4n) is 2.15. The lowest BCUT2D eigenvalue weighted by Crippen LogP contribution is -1.95. The molecule has 1 aromatic heterocycles. The lowest BCUT2D eigenvalue weighted by Gasteiger charge is -2.00. The molecule has 0 spiro atoms. The van der Waals surface area contributed by atoms with Gasteiger partial charge >= 0.3 is 0 Å². The van der Waals surface area contributed by atoms with Crippen molar-refractivity contribution >= 4 is 11.0 Å². The van der Waals surface area contributed by atoms with Crippen LogP contribution in [0.15, 0.2) is 42.5 Å². The second-order valence-electron chi connectivity index (χ2n) is 4.46. The molecule has 0 fully saturated rings. The fraction of sp³-hybridized carbons (Fsp3) is 0.133. The average Bonchev–Trinajstić information content (AvgIpc) is 2.81. The van der Waals surface area contributed by atoms with E-state index in [1.807, 2.05) is 24.3 Å². The first-order valence-electron chi connectivity index (χ1n) is 6.02. The number of benzene rings is 2. The molecule has 3 aromatic rings. The second-order valence-corrected chi connectivity index (χ2v) is 4.46. The number of fused-ring (bicyclic) bond motifs is 1. The van der Waals surface area contributed by atoms with Crippen molar-refractivity contribution in [1.82, 2.24) is 9.97 Å². The largest absolute Gasteiger partial charge is 0.338 e. The van der Waals surface area contributed by atoms with E-state index in [1.54, 1.807) is 0 Å². The molecule has 0 aliphatic rings. The van der Waals surface area contributed by atoms with Crippen LogP contribution >= 0.6 is 0 Å². The molecule has 0 atom stereocenters. The Morgan fingerprint density at radius 3 is 2.78 bits per heavy atom. The highest BCUT2D eigenvalue weighted by molar-refractivity contribution is 5.80. The van der Waals surface area contributed by atoms with Gasteiger partial charge in [-0.15, -0.1) is 0 Å². The predicted molar refractivity (Wildman–Crippen MR) is 74.2 cm³/mol. The molecule has 0 unspecified atom stereocenters. The van der Waals surface area contributed by atoms with E-state index in [-0.39, 0.29) is 0 Å². The number of hydrogen-bond donors (Lipinski definition) is 2. The zero-order valence-corrected chi connectivity index (χ0v) is 10.3. The van der Waals surface area contributed by atoms with Gasteiger partial charge in [0.05, 0.1) is 11.0 Å². The molecule has 0 saturated heterocycles. The van der Waals surface area contributed by atoms with E-state index in [1.165, 1.54) is 5.56 Å². The molecule has 0 amide bonds. The first-order valence-corrected chi connectivity index (χ1v) is 6.02. The number of hydrogen-bond acceptors (Lipinski definition) is 2. The van der Waals surface area contributed by atoms with E-state index >= 15 is 0 Å². The zero-order valence-electron chi connectivity index (χ0n) is 10.3. The number of H-pyrrole nitrogens is 1. The summed E-state index contributed by atoms with van der Waals surface area (Å²) in [6.07, 6.45) is 0. The summed E-state index contributed by atoms with van der Waals surface area (Å²) in [6.45, 7) is 2.64.